The van der Waals surface area contributed by atoms with Gasteiger partial charge in [-0.25, -0.2) is 0 Å². The molecule has 1 heteroatoms. The number of benzene rings is 2. The van der Waals surface area contributed by atoms with Gasteiger partial charge in [-0.05, 0) is 30.0 Å². The fourth-order valence-corrected chi connectivity index (χ4v) is 2.72. The topological polar surface area (TPSA) is 17.1 Å². The molecule has 1 atom stereocenters. The number of hydrogen-bond acceptors (Lipinski definition) is 1. The monoisotopic (exact) mass is 236 g/mol. The molecule has 1 fully saturated rings. The van der Waals surface area contributed by atoms with Gasteiger partial charge in [0.1, 0.15) is 5.78 Å². The summed E-state index contributed by atoms with van der Waals surface area (Å²) in [6.45, 7) is 2.07. The van der Waals surface area contributed by atoms with E-state index in [1.807, 2.05) is 30.3 Å². The van der Waals surface area contributed by atoms with Crippen LogP contribution in [0.15, 0.2) is 54.6 Å². The molecule has 0 aliphatic heterocycles. The highest BCUT2D eigenvalue weighted by Gasteiger charge is 2.43. The summed E-state index contributed by atoms with van der Waals surface area (Å²) in [4.78, 5) is 11.9. The summed E-state index contributed by atoms with van der Waals surface area (Å²) in [7, 11) is 0. The number of hydrogen-bond donors (Lipinski definition) is 0. The van der Waals surface area contributed by atoms with Crippen LogP contribution < -0.4 is 0 Å². The van der Waals surface area contributed by atoms with Crippen molar-refractivity contribution in [1.29, 1.82) is 0 Å². The van der Waals surface area contributed by atoms with Gasteiger partial charge in [-0.1, -0.05) is 54.6 Å². The standard InChI is InChI=1S/C17H16O/c1-17(12-11-16(17)18)15-10-6-5-9-14(15)13-7-3-2-4-8-13/h2-10H,11-12H2,1H3. The Labute approximate surface area is 107 Å². The molecule has 1 aliphatic rings. The fraction of sp³-hybridized carbons (Fsp3) is 0.235. The molecule has 2 aromatic carbocycles. The van der Waals surface area contributed by atoms with Crippen LogP contribution in [0.1, 0.15) is 25.3 Å². The third kappa shape index (κ3) is 1.59. The minimum atomic E-state index is -0.271. The average Bonchev–Trinajstić information content (AvgIpc) is 2.46. The largest absolute Gasteiger partial charge is 0.299 e. The molecule has 1 aliphatic carbocycles. The van der Waals surface area contributed by atoms with Gasteiger partial charge in [0.05, 0.1) is 5.41 Å². The average molecular weight is 236 g/mol. The Balaban J connectivity index is 2.15. The van der Waals surface area contributed by atoms with Crippen LogP contribution in [-0.4, -0.2) is 5.78 Å². The van der Waals surface area contributed by atoms with Gasteiger partial charge in [-0.3, -0.25) is 4.79 Å². The summed E-state index contributed by atoms with van der Waals surface area (Å²) in [6.07, 6.45) is 1.69. The molecule has 0 N–H and O–H groups in total. The van der Waals surface area contributed by atoms with Crippen molar-refractivity contribution in [2.24, 2.45) is 0 Å². The molecule has 0 radical (unpaired) electrons. The predicted molar refractivity (Wildman–Crippen MR) is 73.5 cm³/mol. The maximum absolute atomic E-state index is 11.9. The van der Waals surface area contributed by atoms with Gasteiger partial charge in [0, 0.05) is 6.42 Å². The first-order chi connectivity index (χ1) is 8.72. The Bertz CT molecular complexity index is 586. The molecule has 18 heavy (non-hydrogen) atoms. The molecule has 0 aromatic heterocycles. The molecular weight excluding hydrogens is 220 g/mol. The van der Waals surface area contributed by atoms with Gasteiger partial charge in [0.25, 0.3) is 0 Å². The quantitative estimate of drug-likeness (QED) is 0.771. The molecule has 3 rings (SSSR count). The molecule has 1 unspecified atom stereocenters. The Morgan fingerprint density at radius 2 is 1.61 bits per heavy atom. The lowest BCUT2D eigenvalue weighted by atomic mass is 9.63. The van der Waals surface area contributed by atoms with Crippen molar-refractivity contribution in [1.82, 2.24) is 0 Å². The van der Waals surface area contributed by atoms with Gasteiger partial charge in [-0.15, -0.1) is 0 Å². The van der Waals surface area contributed by atoms with E-state index in [9.17, 15) is 4.79 Å². The predicted octanol–water partition coefficient (Wildman–Crippen LogP) is 3.97. The van der Waals surface area contributed by atoms with Crippen LogP contribution in [0, 0.1) is 0 Å². The van der Waals surface area contributed by atoms with Crippen molar-refractivity contribution in [3.63, 3.8) is 0 Å². The molecule has 1 nitrogen and oxygen atoms in total. The molecular formula is C17H16O. The minimum absolute atomic E-state index is 0.271. The van der Waals surface area contributed by atoms with E-state index in [0.717, 1.165) is 12.8 Å². The van der Waals surface area contributed by atoms with E-state index in [1.54, 1.807) is 0 Å². The highest BCUT2D eigenvalue weighted by molar-refractivity contribution is 5.97. The van der Waals surface area contributed by atoms with Crippen molar-refractivity contribution < 1.29 is 4.79 Å². The summed E-state index contributed by atoms with van der Waals surface area (Å²) in [5.74, 6) is 0.367. The van der Waals surface area contributed by atoms with Gasteiger partial charge in [-0.2, -0.15) is 0 Å². The normalized spacial score (nSPS) is 22.6. The first-order valence-corrected chi connectivity index (χ1v) is 6.40. The second-order valence-corrected chi connectivity index (χ2v) is 5.17. The van der Waals surface area contributed by atoms with E-state index in [1.165, 1.54) is 16.7 Å². The molecule has 0 bridgehead atoms. The molecule has 0 heterocycles. The number of rotatable bonds is 2. The number of carbonyl (C=O) groups is 1. The maximum Gasteiger partial charge on any atom is 0.143 e. The lowest BCUT2D eigenvalue weighted by Crippen LogP contribution is -2.42. The molecule has 1 saturated carbocycles. The number of ketones is 1. The molecule has 0 spiro atoms. The van der Waals surface area contributed by atoms with Crippen LogP contribution in [0.25, 0.3) is 11.1 Å². The lowest BCUT2D eigenvalue weighted by molar-refractivity contribution is -0.130. The van der Waals surface area contributed by atoms with Crippen molar-refractivity contribution in [3.8, 4) is 11.1 Å². The van der Waals surface area contributed by atoms with Crippen molar-refractivity contribution in [2.75, 3.05) is 0 Å². The highest BCUT2D eigenvalue weighted by atomic mass is 16.1. The van der Waals surface area contributed by atoms with Gasteiger partial charge >= 0.3 is 0 Å². The van der Waals surface area contributed by atoms with E-state index in [4.69, 9.17) is 0 Å². The summed E-state index contributed by atoms with van der Waals surface area (Å²) in [5, 5.41) is 0. The Hall–Kier alpha value is -1.89. The van der Waals surface area contributed by atoms with E-state index < -0.39 is 0 Å². The zero-order valence-electron chi connectivity index (χ0n) is 10.5. The highest BCUT2D eigenvalue weighted by Crippen LogP contribution is 2.43. The smallest absolute Gasteiger partial charge is 0.143 e. The third-order valence-electron chi connectivity index (χ3n) is 4.07. The molecule has 2 aromatic rings. The van der Waals surface area contributed by atoms with E-state index in [0.29, 0.717) is 5.78 Å². The third-order valence-corrected chi connectivity index (χ3v) is 4.07. The summed E-state index contributed by atoms with van der Waals surface area (Å²) >= 11 is 0. The van der Waals surface area contributed by atoms with Crippen LogP contribution in [0.4, 0.5) is 0 Å². The minimum Gasteiger partial charge on any atom is -0.299 e. The van der Waals surface area contributed by atoms with Crippen LogP contribution in [0.3, 0.4) is 0 Å². The SMILES string of the molecule is CC1(c2ccccc2-c2ccccc2)CCC1=O. The van der Waals surface area contributed by atoms with Crippen molar-refractivity contribution in [3.05, 3.63) is 60.2 Å². The second-order valence-electron chi connectivity index (χ2n) is 5.17. The molecule has 0 saturated heterocycles. The molecule has 0 amide bonds. The van der Waals surface area contributed by atoms with Crippen LogP contribution in [0.5, 0.6) is 0 Å². The van der Waals surface area contributed by atoms with E-state index >= 15 is 0 Å². The fourth-order valence-electron chi connectivity index (χ4n) is 2.72. The lowest BCUT2D eigenvalue weighted by Gasteiger charge is -2.38. The zero-order valence-corrected chi connectivity index (χ0v) is 10.5. The van der Waals surface area contributed by atoms with Crippen molar-refractivity contribution in [2.45, 2.75) is 25.2 Å². The number of carbonyl (C=O) groups excluding carboxylic acids is 1. The van der Waals surface area contributed by atoms with Gasteiger partial charge in [0.2, 0.25) is 0 Å². The maximum atomic E-state index is 11.9. The number of Topliss-reactive ketones (excluding diaryl/α,β-unsaturated/α-hetero) is 1. The Morgan fingerprint density at radius 3 is 2.22 bits per heavy atom. The van der Waals surface area contributed by atoms with Crippen LogP contribution >= 0.6 is 0 Å². The van der Waals surface area contributed by atoms with E-state index in [2.05, 4.69) is 31.2 Å². The van der Waals surface area contributed by atoms with Crippen LogP contribution in [0.2, 0.25) is 0 Å². The summed E-state index contributed by atoms with van der Waals surface area (Å²) < 4.78 is 0. The summed E-state index contributed by atoms with van der Waals surface area (Å²) in [6, 6.07) is 18.6. The Morgan fingerprint density at radius 1 is 0.944 bits per heavy atom. The van der Waals surface area contributed by atoms with Crippen LogP contribution in [-0.2, 0) is 10.2 Å². The van der Waals surface area contributed by atoms with Gasteiger partial charge < -0.3 is 0 Å². The summed E-state index contributed by atoms with van der Waals surface area (Å²) in [5.41, 5.74) is 3.28. The van der Waals surface area contributed by atoms with E-state index in [-0.39, 0.29) is 5.41 Å². The first-order valence-electron chi connectivity index (χ1n) is 6.40. The first kappa shape index (κ1) is 11.2. The second kappa shape index (κ2) is 4.09. The Kier molecular flexibility index (Phi) is 2.55. The van der Waals surface area contributed by atoms with Gasteiger partial charge in [0.15, 0.2) is 0 Å². The van der Waals surface area contributed by atoms with Crippen molar-refractivity contribution >= 4 is 5.78 Å². The molecule has 90 valence electrons. The zero-order chi connectivity index (χ0) is 12.6.